The summed E-state index contributed by atoms with van der Waals surface area (Å²) in [6, 6.07) is 11.7. The number of ether oxygens (including phenoxy) is 2. The van der Waals surface area contributed by atoms with E-state index in [1.54, 1.807) is 26.0 Å². The van der Waals surface area contributed by atoms with Gasteiger partial charge in [-0.05, 0) is 41.8 Å². The molecule has 1 amide bonds. The second-order valence-corrected chi connectivity index (χ2v) is 7.61. The lowest BCUT2D eigenvalue weighted by molar-refractivity contribution is -0.131. The van der Waals surface area contributed by atoms with E-state index >= 15 is 0 Å². The van der Waals surface area contributed by atoms with E-state index in [9.17, 15) is 4.79 Å². The molecule has 0 bridgehead atoms. The number of amides is 1. The van der Waals surface area contributed by atoms with Crippen LogP contribution in [0.1, 0.15) is 17.5 Å². The first-order chi connectivity index (χ1) is 12.6. The molecule has 1 aliphatic rings. The summed E-state index contributed by atoms with van der Waals surface area (Å²) < 4.78 is 10.7. The highest BCUT2D eigenvalue weighted by atomic mass is 35.5. The number of carbonyl (C=O) groups is 1. The Hall–Kier alpha value is -1.85. The number of hydrogen-bond acceptors (Lipinski definition) is 4. The van der Waals surface area contributed by atoms with Crippen LogP contribution in [0.5, 0.6) is 11.5 Å². The van der Waals surface area contributed by atoms with Gasteiger partial charge in [-0.1, -0.05) is 23.7 Å². The third-order valence-corrected chi connectivity index (χ3v) is 6.00. The van der Waals surface area contributed by atoms with Crippen molar-refractivity contribution in [2.24, 2.45) is 0 Å². The number of carbonyl (C=O) groups excluding carboxylic acids is 1. The van der Waals surface area contributed by atoms with Gasteiger partial charge in [-0.15, -0.1) is 11.8 Å². The largest absolute Gasteiger partial charge is 0.493 e. The molecule has 26 heavy (non-hydrogen) atoms. The summed E-state index contributed by atoms with van der Waals surface area (Å²) in [5.74, 6) is 2.33. The minimum Gasteiger partial charge on any atom is -0.493 e. The molecule has 0 spiro atoms. The Kier molecular flexibility index (Phi) is 6.33. The van der Waals surface area contributed by atoms with Gasteiger partial charge in [-0.25, -0.2) is 0 Å². The molecule has 0 saturated carbocycles. The molecule has 0 radical (unpaired) electrons. The van der Waals surface area contributed by atoms with E-state index in [4.69, 9.17) is 21.1 Å². The normalized spacial score (nSPS) is 13.3. The number of thioether (sulfide) groups is 1. The summed E-state index contributed by atoms with van der Waals surface area (Å²) in [5.41, 5.74) is 2.35. The van der Waals surface area contributed by atoms with Crippen LogP contribution in [-0.2, 0) is 17.8 Å². The van der Waals surface area contributed by atoms with Gasteiger partial charge in [0.2, 0.25) is 5.91 Å². The highest BCUT2D eigenvalue weighted by molar-refractivity contribution is 7.99. The van der Waals surface area contributed by atoms with Crippen molar-refractivity contribution >= 4 is 29.3 Å². The van der Waals surface area contributed by atoms with Gasteiger partial charge in [-0.2, -0.15) is 0 Å². The molecule has 0 N–H and O–H groups in total. The van der Waals surface area contributed by atoms with E-state index in [0.717, 1.165) is 39.9 Å². The lowest BCUT2D eigenvalue weighted by atomic mass is 9.98. The molecule has 3 rings (SSSR count). The molecule has 0 aromatic heterocycles. The Labute approximate surface area is 163 Å². The smallest absolute Gasteiger partial charge is 0.223 e. The van der Waals surface area contributed by atoms with Crippen LogP contribution in [0.2, 0.25) is 5.02 Å². The summed E-state index contributed by atoms with van der Waals surface area (Å²) in [5, 5.41) is 0.734. The molecule has 0 atom stereocenters. The van der Waals surface area contributed by atoms with E-state index in [0.29, 0.717) is 18.7 Å². The van der Waals surface area contributed by atoms with Gasteiger partial charge in [0.1, 0.15) is 0 Å². The number of hydrogen-bond donors (Lipinski definition) is 0. The van der Waals surface area contributed by atoms with Crippen molar-refractivity contribution in [1.29, 1.82) is 0 Å². The topological polar surface area (TPSA) is 38.8 Å². The van der Waals surface area contributed by atoms with Crippen LogP contribution in [0, 0.1) is 0 Å². The fraction of sp³-hybridized carbons (Fsp3) is 0.350. The van der Waals surface area contributed by atoms with Crippen LogP contribution in [0.3, 0.4) is 0 Å². The van der Waals surface area contributed by atoms with Crippen LogP contribution in [0.25, 0.3) is 0 Å². The predicted octanol–water partition coefficient (Wildman–Crippen LogP) is 4.42. The van der Waals surface area contributed by atoms with Gasteiger partial charge in [0.05, 0.1) is 19.2 Å². The Bertz CT molecular complexity index is 797. The zero-order valence-electron chi connectivity index (χ0n) is 15.0. The fourth-order valence-electron chi connectivity index (χ4n) is 3.06. The molecular weight excluding hydrogens is 370 g/mol. The number of nitrogens with zero attached hydrogens (tertiary/aromatic N) is 1. The van der Waals surface area contributed by atoms with Crippen molar-refractivity contribution in [2.75, 3.05) is 26.5 Å². The van der Waals surface area contributed by atoms with E-state index in [-0.39, 0.29) is 5.91 Å². The Morgan fingerprint density at radius 1 is 1.15 bits per heavy atom. The molecule has 0 unspecified atom stereocenters. The molecule has 6 heteroatoms. The van der Waals surface area contributed by atoms with Crippen molar-refractivity contribution in [3.63, 3.8) is 0 Å². The Morgan fingerprint density at radius 2 is 1.85 bits per heavy atom. The molecule has 0 aliphatic carbocycles. The first kappa shape index (κ1) is 18.9. The number of rotatable bonds is 6. The molecule has 1 heterocycles. The average Bonchev–Trinajstić information content (AvgIpc) is 2.67. The number of fused-ring (bicyclic) bond motifs is 1. The fourth-order valence-corrected chi connectivity index (χ4v) is 4.24. The van der Waals surface area contributed by atoms with Crippen molar-refractivity contribution in [1.82, 2.24) is 4.90 Å². The first-order valence-corrected chi connectivity index (χ1v) is 9.87. The number of methoxy groups -OCH3 is 2. The SMILES string of the molecule is COc1cc2c(cc1OC)CN(C(=O)CCSc1ccccc1Cl)CC2. The van der Waals surface area contributed by atoms with Crippen LogP contribution in [0.15, 0.2) is 41.3 Å². The monoisotopic (exact) mass is 391 g/mol. The molecule has 2 aromatic rings. The summed E-state index contributed by atoms with van der Waals surface area (Å²) in [6.45, 7) is 1.35. The molecule has 1 aliphatic heterocycles. The van der Waals surface area contributed by atoms with Crippen molar-refractivity contribution in [2.45, 2.75) is 24.3 Å². The maximum atomic E-state index is 12.6. The minimum absolute atomic E-state index is 0.171. The summed E-state index contributed by atoms with van der Waals surface area (Å²) in [4.78, 5) is 15.5. The second-order valence-electron chi connectivity index (χ2n) is 6.07. The first-order valence-electron chi connectivity index (χ1n) is 8.51. The van der Waals surface area contributed by atoms with Gasteiger partial charge < -0.3 is 14.4 Å². The molecular formula is C20H22ClNO3S. The third kappa shape index (κ3) is 4.27. The van der Waals surface area contributed by atoms with E-state index in [2.05, 4.69) is 0 Å². The maximum Gasteiger partial charge on any atom is 0.223 e. The highest BCUT2D eigenvalue weighted by Gasteiger charge is 2.22. The summed E-state index contributed by atoms with van der Waals surface area (Å²) in [6.07, 6.45) is 1.33. The average molecular weight is 392 g/mol. The minimum atomic E-state index is 0.171. The van der Waals surface area contributed by atoms with Gasteiger partial charge in [0.25, 0.3) is 0 Å². The standard InChI is InChI=1S/C20H22ClNO3S/c1-24-17-11-14-7-9-22(13-15(14)12-18(17)25-2)20(23)8-10-26-19-6-4-3-5-16(19)21/h3-6,11-12H,7-10,13H2,1-2H3. The quantitative estimate of drug-likeness (QED) is 0.683. The Morgan fingerprint density at radius 3 is 2.54 bits per heavy atom. The van der Waals surface area contributed by atoms with Gasteiger partial charge in [0, 0.05) is 30.2 Å². The van der Waals surface area contributed by atoms with E-state index in [1.807, 2.05) is 41.3 Å². The molecule has 4 nitrogen and oxygen atoms in total. The number of benzene rings is 2. The molecule has 0 fully saturated rings. The highest BCUT2D eigenvalue weighted by Crippen LogP contribution is 2.33. The predicted molar refractivity (Wildman–Crippen MR) is 105 cm³/mol. The van der Waals surface area contributed by atoms with Crippen LogP contribution in [0.4, 0.5) is 0 Å². The lowest BCUT2D eigenvalue weighted by Gasteiger charge is -2.29. The summed E-state index contributed by atoms with van der Waals surface area (Å²) in [7, 11) is 3.27. The third-order valence-electron chi connectivity index (χ3n) is 4.48. The van der Waals surface area contributed by atoms with Crippen LogP contribution < -0.4 is 9.47 Å². The van der Waals surface area contributed by atoms with Crippen molar-refractivity contribution in [3.05, 3.63) is 52.5 Å². The second kappa shape index (κ2) is 8.69. The van der Waals surface area contributed by atoms with E-state index in [1.165, 1.54) is 5.56 Å². The Balaban J connectivity index is 1.59. The maximum absolute atomic E-state index is 12.6. The zero-order chi connectivity index (χ0) is 18.5. The van der Waals surface area contributed by atoms with Crippen LogP contribution >= 0.6 is 23.4 Å². The van der Waals surface area contributed by atoms with Crippen molar-refractivity contribution < 1.29 is 14.3 Å². The summed E-state index contributed by atoms with van der Waals surface area (Å²) >= 11 is 7.78. The zero-order valence-corrected chi connectivity index (χ0v) is 16.5. The van der Waals surface area contributed by atoms with Gasteiger partial charge in [-0.3, -0.25) is 4.79 Å². The van der Waals surface area contributed by atoms with E-state index < -0.39 is 0 Å². The number of halogens is 1. The molecule has 138 valence electrons. The van der Waals surface area contributed by atoms with Gasteiger partial charge >= 0.3 is 0 Å². The molecule has 2 aromatic carbocycles. The van der Waals surface area contributed by atoms with Crippen LogP contribution in [-0.4, -0.2) is 37.3 Å². The lowest BCUT2D eigenvalue weighted by Crippen LogP contribution is -2.36. The van der Waals surface area contributed by atoms with Gasteiger partial charge in [0.15, 0.2) is 11.5 Å². The van der Waals surface area contributed by atoms with Crippen molar-refractivity contribution in [3.8, 4) is 11.5 Å². The molecule has 0 saturated heterocycles.